The highest BCUT2D eigenvalue weighted by atomic mass is 14.3. The van der Waals surface area contributed by atoms with E-state index < -0.39 is 0 Å². The van der Waals surface area contributed by atoms with Crippen LogP contribution in [0.1, 0.15) is 44.4 Å². The van der Waals surface area contributed by atoms with E-state index in [0.717, 1.165) is 0 Å². The normalized spacial score (nSPS) is 16.9. The fourth-order valence-corrected chi connectivity index (χ4v) is 2.19. The first kappa shape index (κ1) is 11.3. The Morgan fingerprint density at radius 3 is 2.21 bits per heavy atom. The highest BCUT2D eigenvalue weighted by Crippen LogP contribution is 2.36. The van der Waals surface area contributed by atoms with Crippen LogP contribution in [0.4, 0.5) is 0 Å². The van der Waals surface area contributed by atoms with E-state index in [1.807, 2.05) is 13.8 Å². The van der Waals surface area contributed by atoms with Crippen molar-refractivity contribution >= 4 is 0 Å². The molecule has 0 saturated heterocycles. The van der Waals surface area contributed by atoms with Crippen LogP contribution in [0.15, 0.2) is 18.2 Å². The lowest BCUT2D eigenvalue weighted by Gasteiger charge is -2.14. The summed E-state index contributed by atoms with van der Waals surface area (Å²) in [4.78, 5) is 0. The van der Waals surface area contributed by atoms with Gasteiger partial charge in [-0.25, -0.2) is 0 Å². The summed E-state index contributed by atoms with van der Waals surface area (Å²) < 4.78 is 0. The Morgan fingerprint density at radius 1 is 1.00 bits per heavy atom. The number of aryl methyl sites for hydroxylation is 1. The van der Waals surface area contributed by atoms with Gasteiger partial charge in [0.15, 0.2) is 0 Å². The van der Waals surface area contributed by atoms with Crippen molar-refractivity contribution in [1.82, 2.24) is 0 Å². The lowest BCUT2D eigenvalue weighted by Crippen LogP contribution is -2.09. The smallest absolute Gasteiger partial charge is 0.0221 e. The number of benzene rings is 1. The molecule has 0 aliphatic heterocycles. The maximum atomic E-state index is 2.35. The van der Waals surface area contributed by atoms with Crippen LogP contribution in [0.5, 0.6) is 0 Å². The highest BCUT2D eigenvalue weighted by molar-refractivity contribution is 5.36. The Balaban J connectivity index is 0.000000461. The van der Waals surface area contributed by atoms with Gasteiger partial charge in [0.05, 0.1) is 0 Å². The molecule has 2 rings (SSSR count). The maximum absolute atomic E-state index is 2.35. The van der Waals surface area contributed by atoms with E-state index in [1.54, 1.807) is 11.1 Å². The second kappa shape index (κ2) is 4.16. The molecule has 0 amide bonds. The molecule has 1 aromatic rings. The Morgan fingerprint density at radius 2 is 1.57 bits per heavy atom. The third-order valence-electron chi connectivity index (χ3n) is 2.70. The summed E-state index contributed by atoms with van der Waals surface area (Å²) in [6, 6.07) is 6.85. The third kappa shape index (κ3) is 2.37. The van der Waals surface area contributed by atoms with Crippen molar-refractivity contribution in [3.63, 3.8) is 0 Å². The summed E-state index contributed by atoms with van der Waals surface area (Å²) in [7, 11) is 0. The standard InChI is InChI=1S/C12H16.C2H6/c1-9-4-5-10-7-12(2,3)8-11(10)6-9;1-2/h4-6H,7-8H2,1-3H3;1-2H3. The Bertz CT molecular complexity index is 308. The molecular formula is C14H22. The molecule has 0 fully saturated rings. The van der Waals surface area contributed by atoms with Crippen molar-refractivity contribution in [2.45, 2.75) is 47.5 Å². The zero-order valence-corrected chi connectivity index (χ0v) is 10.1. The first-order chi connectivity index (χ1) is 6.57. The average Bonchev–Trinajstić information content (AvgIpc) is 2.41. The molecule has 0 radical (unpaired) electrons. The van der Waals surface area contributed by atoms with Crippen LogP contribution in [0.2, 0.25) is 0 Å². The van der Waals surface area contributed by atoms with Crippen LogP contribution < -0.4 is 0 Å². The lowest BCUT2D eigenvalue weighted by molar-refractivity contribution is 0.392. The molecule has 0 bridgehead atoms. The molecule has 0 aromatic heterocycles. The van der Waals surface area contributed by atoms with Crippen LogP contribution >= 0.6 is 0 Å². The van der Waals surface area contributed by atoms with Gasteiger partial charge in [-0.3, -0.25) is 0 Å². The molecule has 14 heavy (non-hydrogen) atoms. The minimum absolute atomic E-state index is 0.496. The van der Waals surface area contributed by atoms with Gasteiger partial charge < -0.3 is 0 Å². The molecule has 0 unspecified atom stereocenters. The SMILES string of the molecule is CC.Cc1ccc2c(c1)CC(C)(C)C2. The van der Waals surface area contributed by atoms with E-state index in [2.05, 4.69) is 39.0 Å². The van der Waals surface area contributed by atoms with Gasteiger partial charge in [-0.2, -0.15) is 0 Å². The topological polar surface area (TPSA) is 0 Å². The van der Waals surface area contributed by atoms with Gasteiger partial charge in [0.1, 0.15) is 0 Å². The minimum atomic E-state index is 0.496. The van der Waals surface area contributed by atoms with Gasteiger partial charge in [0.25, 0.3) is 0 Å². The quantitative estimate of drug-likeness (QED) is 0.576. The second-order valence-corrected chi connectivity index (χ2v) is 4.79. The molecule has 0 nitrogen and oxygen atoms in total. The predicted molar refractivity (Wildman–Crippen MR) is 63.7 cm³/mol. The number of fused-ring (bicyclic) bond motifs is 1. The molecule has 1 aliphatic rings. The number of hydrogen-bond acceptors (Lipinski definition) is 0. The molecule has 0 atom stereocenters. The van der Waals surface area contributed by atoms with Crippen molar-refractivity contribution in [2.75, 3.05) is 0 Å². The molecule has 1 aliphatic carbocycles. The summed E-state index contributed by atoms with van der Waals surface area (Å²) in [5.41, 5.74) is 5.02. The summed E-state index contributed by atoms with van der Waals surface area (Å²) >= 11 is 0. The first-order valence-electron chi connectivity index (χ1n) is 5.65. The summed E-state index contributed by atoms with van der Waals surface area (Å²) in [6.07, 6.45) is 2.51. The number of rotatable bonds is 0. The van der Waals surface area contributed by atoms with E-state index in [-0.39, 0.29) is 0 Å². The van der Waals surface area contributed by atoms with Crippen LogP contribution in [0, 0.1) is 12.3 Å². The molecule has 0 heterocycles. The van der Waals surface area contributed by atoms with Crippen molar-refractivity contribution in [1.29, 1.82) is 0 Å². The zero-order valence-electron chi connectivity index (χ0n) is 10.1. The molecule has 0 heteroatoms. The Hall–Kier alpha value is -0.780. The fraction of sp³-hybridized carbons (Fsp3) is 0.571. The second-order valence-electron chi connectivity index (χ2n) is 4.79. The van der Waals surface area contributed by atoms with Crippen LogP contribution in [-0.4, -0.2) is 0 Å². The molecule has 0 spiro atoms. The van der Waals surface area contributed by atoms with Crippen molar-refractivity contribution in [2.24, 2.45) is 5.41 Å². The fourth-order valence-electron chi connectivity index (χ4n) is 2.19. The average molecular weight is 190 g/mol. The molecule has 1 aromatic carbocycles. The minimum Gasteiger partial charge on any atom is -0.0683 e. The highest BCUT2D eigenvalue weighted by Gasteiger charge is 2.27. The van der Waals surface area contributed by atoms with Gasteiger partial charge in [0.2, 0.25) is 0 Å². The van der Waals surface area contributed by atoms with Crippen molar-refractivity contribution in [3.05, 3.63) is 34.9 Å². The zero-order chi connectivity index (χ0) is 10.8. The summed E-state index contributed by atoms with van der Waals surface area (Å²) in [5.74, 6) is 0. The largest absolute Gasteiger partial charge is 0.0683 e. The molecular weight excluding hydrogens is 168 g/mol. The monoisotopic (exact) mass is 190 g/mol. The Kier molecular flexibility index (Phi) is 3.36. The van der Waals surface area contributed by atoms with Crippen molar-refractivity contribution in [3.8, 4) is 0 Å². The summed E-state index contributed by atoms with van der Waals surface area (Å²) in [6.45, 7) is 10.9. The molecule has 0 N–H and O–H groups in total. The van der Waals surface area contributed by atoms with E-state index in [4.69, 9.17) is 0 Å². The summed E-state index contributed by atoms with van der Waals surface area (Å²) in [5, 5.41) is 0. The van der Waals surface area contributed by atoms with Gasteiger partial charge in [-0.15, -0.1) is 0 Å². The van der Waals surface area contributed by atoms with E-state index >= 15 is 0 Å². The van der Waals surface area contributed by atoms with Crippen LogP contribution in [0.3, 0.4) is 0 Å². The van der Waals surface area contributed by atoms with Gasteiger partial charge in [0, 0.05) is 0 Å². The van der Waals surface area contributed by atoms with E-state index in [0.29, 0.717) is 5.41 Å². The lowest BCUT2D eigenvalue weighted by atomic mass is 9.90. The predicted octanol–water partition coefficient (Wildman–Crippen LogP) is 4.15. The maximum Gasteiger partial charge on any atom is -0.0221 e. The molecule has 0 saturated carbocycles. The Labute approximate surface area is 88.4 Å². The third-order valence-corrected chi connectivity index (χ3v) is 2.70. The van der Waals surface area contributed by atoms with Gasteiger partial charge in [-0.05, 0) is 36.3 Å². The van der Waals surface area contributed by atoms with E-state index in [1.165, 1.54) is 18.4 Å². The van der Waals surface area contributed by atoms with Crippen molar-refractivity contribution < 1.29 is 0 Å². The molecule has 78 valence electrons. The van der Waals surface area contributed by atoms with Crippen LogP contribution in [-0.2, 0) is 12.8 Å². The van der Waals surface area contributed by atoms with Crippen LogP contribution in [0.25, 0.3) is 0 Å². The van der Waals surface area contributed by atoms with Gasteiger partial charge >= 0.3 is 0 Å². The first-order valence-corrected chi connectivity index (χ1v) is 5.65. The van der Waals surface area contributed by atoms with E-state index in [9.17, 15) is 0 Å². The van der Waals surface area contributed by atoms with Gasteiger partial charge in [-0.1, -0.05) is 51.5 Å². The number of hydrogen-bond donors (Lipinski definition) is 0.